The summed E-state index contributed by atoms with van der Waals surface area (Å²) in [6.45, 7) is 2.65. The van der Waals surface area contributed by atoms with Gasteiger partial charge in [0.25, 0.3) is 0 Å². The molecule has 150 valence electrons. The van der Waals surface area contributed by atoms with Crippen LogP contribution in [0.25, 0.3) is 17.0 Å². The van der Waals surface area contributed by atoms with Crippen LogP contribution in [-0.2, 0) is 4.79 Å². The van der Waals surface area contributed by atoms with E-state index in [-0.39, 0.29) is 11.9 Å². The maximum atomic E-state index is 12.4. The van der Waals surface area contributed by atoms with Crippen LogP contribution in [-0.4, -0.2) is 37.6 Å². The zero-order valence-electron chi connectivity index (χ0n) is 16.6. The molecular weight excluding hydrogens is 364 g/mol. The van der Waals surface area contributed by atoms with Crippen LogP contribution in [0.15, 0.2) is 65.1 Å². The maximum absolute atomic E-state index is 12.4. The number of likely N-dealkylation sites (tertiary alicyclic amines) is 1. The largest absolute Gasteiger partial charge is 0.497 e. The highest BCUT2D eigenvalue weighted by molar-refractivity contribution is 5.92. The van der Waals surface area contributed by atoms with Crippen molar-refractivity contribution in [3.8, 4) is 5.75 Å². The molecule has 0 spiro atoms. The number of carbonyl (C=O) groups is 1. The van der Waals surface area contributed by atoms with Crippen LogP contribution in [0.3, 0.4) is 0 Å². The second-order valence-corrected chi connectivity index (χ2v) is 7.30. The van der Waals surface area contributed by atoms with Crippen molar-refractivity contribution in [1.82, 2.24) is 10.2 Å². The van der Waals surface area contributed by atoms with Gasteiger partial charge in [0.2, 0.25) is 5.91 Å². The van der Waals surface area contributed by atoms with Gasteiger partial charge in [-0.15, -0.1) is 0 Å². The normalized spacial score (nSPS) is 15.8. The second kappa shape index (κ2) is 8.97. The fourth-order valence-electron chi connectivity index (χ4n) is 3.86. The lowest BCUT2D eigenvalue weighted by Gasteiger charge is -2.28. The molecule has 0 aliphatic carbocycles. The van der Waals surface area contributed by atoms with E-state index in [9.17, 15) is 4.79 Å². The Kier molecular flexibility index (Phi) is 5.96. The molecule has 2 heterocycles. The number of methoxy groups -OCH3 is 1. The molecule has 1 aliphatic rings. The number of furan rings is 1. The summed E-state index contributed by atoms with van der Waals surface area (Å²) in [4.78, 5) is 14.9. The van der Waals surface area contributed by atoms with Crippen molar-refractivity contribution in [2.75, 3.05) is 26.7 Å². The van der Waals surface area contributed by atoms with Gasteiger partial charge in [0.15, 0.2) is 0 Å². The molecule has 1 unspecified atom stereocenters. The molecular formula is C24H26N2O3. The van der Waals surface area contributed by atoms with E-state index in [1.54, 1.807) is 13.2 Å². The van der Waals surface area contributed by atoms with E-state index in [2.05, 4.69) is 22.3 Å². The van der Waals surface area contributed by atoms with Gasteiger partial charge in [-0.05, 0) is 61.8 Å². The zero-order chi connectivity index (χ0) is 20.1. The molecule has 1 aliphatic heterocycles. The second-order valence-electron chi connectivity index (χ2n) is 7.30. The summed E-state index contributed by atoms with van der Waals surface area (Å²) in [5.74, 6) is 1.38. The lowest BCUT2D eigenvalue weighted by atomic mass is 10.0. The van der Waals surface area contributed by atoms with Crippen LogP contribution >= 0.6 is 0 Å². The monoisotopic (exact) mass is 390 g/mol. The van der Waals surface area contributed by atoms with Gasteiger partial charge in [-0.3, -0.25) is 9.69 Å². The Labute approximate surface area is 171 Å². The fraction of sp³-hybridized carbons (Fsp3) is 0.292. The molecule has 1 aromatic heterocycles. The highest BCUT2D eigenvalue weighted by Crippen LogP contribution is 2.27. The number of amides is 1. The Hall–Kier alpha value is -3.05. The molecule has 1 fully saturated rings. The number of nitrogens with zero attached hydrogens (tertiary/aromatic N) is 1. The Bertz CT molecular complexity index is 969. The predicted octanol–water partition coefficient (Wildman–Crippen LogP) is 4.41. The lowest BCUT2D eigenvalue weighted by molar-refractivity contribution is -0.116. The van der Waals surface area contributed by atoms with Crippen LogP contribution in [0.5, 0.6) is 5.75 Å². The molecule has 0 radical (unpaired) electrons. The third-order valence-electron chi connectivity index (χ3n) is 5.37. The molecule has 1 saturated heterocycles. The van der Waals surface area contributed by atoms with Gasteiger partial charge in [0.1, 0.15) is 17.1 Å². The number of ether oxygens (including phenoxy) is 1. The van der Waals surface area contributed by atoms with E-state index >= 15 is 0 Å². The van der Waals surface area contributed by atoms with Crippen molar-refractivity contribution in [3.05, 3.63) is 72.0 Å². The Morgan fingerprint density at radius 3 is 2.79 bits per heavy atom. The standard InChI is InChI=1S/C24H26N2O3/c1-28-20-9-6-8-18(15-20)22(26-13-4-5-14-26)17-25-24(27)12-11-21-16-19-7-2-3-10-23(19)29-21/h2-3,6-12,15-16,22H,4-5,13-14,17H2,1H3,(H,25,27)/b12-11+. The third-order valence-corrected chi connectivity index (χ3v) is 5.37. The number of rotatable bonds is 7. The molecule has 5 nitrogen and oxygen atoms in total. The highest BCUT2D eigenvalue weighted by atomic mass is 16.5. The van der Waals surface area contributed by atoms with Crippen LogP contribution in [0.4, 0.5) is 0 Å². The van der Waals surface area contributed by atoms with Gasteiger partial charge < -0.3 is 14.5 Å². The topological polar surface area (TPSA) is 54.7 Å². The molecule has 4 rings (SSSR count). The van der Waals surface area contributed by atoms with Crippen molar-refractivity contribution in [2.45, 2.75) is 18.9 Å². The molecule has 0 bridgehead atoms. The summed E-state index contributed by atoms with van der Waals surface area (Å²) >= 11 is 0. The van der Waals surface area contributed by atoms with E-state index in [0.717, 1.165) is 35.4 Å². The first-order chi connectivity index (χ1) is 14.2. The van der Waals surface area contributed by atoms with Gasteiger partial charge in [-0.25, -0.2) is 0 Å². The van der Waals surface area contributed by atoms with Crippen molar-refractivity contribution in [2.24, 2.45) is 0 Å². The smallest absolute Gasteiger partial charge is 0.244 e. The minimum atomic E-state index is -0.127. The fourth-order valence-corrected chi connectivity index (χ4v) is 3.86. The molecule has 1 amide bonds. The van der Waals surface area contributed by atoms with E-state index in [1.165, 1.54) is 18.9 Å². The van der Waals surface area contributed by atoms with E-state index in [0.29, 0.717) is 12.3 Å². The van der Waals surface area contributed by atoms with Crippen LogP contribution in [0.1, 0.15) is 30.2 Å². The SMILES string of the molecule is COc1cccc(C(CNC(=O)/C=C/c2cc3ccccc3o2)N2CCCC2)c1. The quantitative estimate of drug-likeness (QED) is 0.607. The van der Waals surface area contributed by atoms with Crippen molar-refractivity contribution >= 4 is 23.0 Å². The number of fused-ring (bicyclic) bond motifs is 1. The first-order valence-corrected chi connectivity index (χ1v) is 10.1. The number of hydrogen-bond donors (Lipinski definition) is 1. The van der Waals surface area contributed by atoms with Gasteiger partial charge in [0.05, 0.1) is 13.2 Å². The van der Waals surface area contributed by atoms with Gasteiger partial charge in [-0.1, -0.05) is 30.3 Å². The Morgan fingerprint density at radius 2 is 2.00 bits per heavy atom. The van der Waals surface area contributed by atoms with Crippen LogP contribution < -0.4 is 10.1 Å². The van der Waals surface area contributed by atoms with Crippen molar-refractivity contribution < 1.29 is 13.9 Å². The summed E-state index contributed by atoms with van der Waals surface area (Å²) in [6, 6.07) is 18.0. The molecule has 2 aromatic carbocycles. The minimum Gasteiger partial charge on any atom is -0.497 e. The van der Waals surface area contributed by atoms with Gasteiger partial charge in [0, 0.05) is 18.0 Å². The third kappa shape index (κ3) is 4.69. The number of hydrogen-bond acceptors (Lipinski definition) is 4. The first kappa shape index (κ1) is 19.3. The molecule has 29 heavy (non-hydrogen) atoms. The number of para-hydroxylation sites is 1. The summed E-state index contributed by atoms with van der Waals surface area (Å²) in [6.07, 6.45) is 5.64. The summed E-state index contributed by atoms with van der Waals surface area (Å²) in [7, 11) is 1.68. The molecule has 5 heteroatoms. The average Bonchev–Trinajstić information content (AvgIpc) is 3.42. The van der Waals surface area contributed by atoms with Gasteiger partial charge >= 0.3 is 0 Å². The Morgan fingerprint density at radius 1 is 1.17 bits per heavy atom. The number of benzene rings is 2. The summed E-state index contributed by atoms with van der Waals surface area (Å²) in [5, 5.41) is 4.08. The van der Waals surface area contributed by atoms with Crippen molar-refractivity contribution in [1.29, 1.82) is 0 Å². The number of nitrogens with one attached hydrogen (secondary N) is 1. The number of carbonyl (C=O) groups excluding carboxylic acids is 1. The van der Waals surface area contributed by atoms with Crippen LogP contribution in [0.2, 0.25) is 0 Å². The average molecular weight is 390 g/mol. The Balaban J connectivity index is 1.42. The maximum Gasteiger partial charge on any atom is 0.244 e. The zero-order valence-corrected chi connectivity index (χ0v) is 16.6. The first-order valence-electron chi connectivity index (χ1n) is 10.1. The summed E-state index contributed by atoms with van der Waals surface area (Å²) < 4.78 is 11.1. The minimum absolute atomic E-state index is 0.127. The molecule has 3 aromatic rings. The lowest BCUT2D eigenvalue weighted by Crippen LogP contribution is -2.36. The molecule has 1 atom stereocenters. The van der Waals surface area contributed by atoms with E-state index in [1.807, 2.05) is 42.5 Å². The molecule has 0 saturated carbocycles. The van der Waals surface area contributed by atoms with Gasteiger partial charge in [-0.2, -0.15) is 0 Å². The van der Waals surface area contributed by atoms with Crippen LogP contribution in [0, 0.1) is 0 Å². The molecule has 1 N–H and O–H groups in total. The predicted molar refractivity (Wildman–Crippen MR) is 115 cm³/mol. The summed E-state index contributed by atoms with van der Waals surface area (Å²) in [5.41, 5.74) is 1.98. The van der Waals surface area contributed by atoms with Crippen molar-refractivity contribution in [3.63, 3.8) is 0 Å². The highest BCUT2D eigenvalue weighted by Gasteiger charge is 2.24. The van der Waals surface area contributed by atoms with E-state index < -0.39 is 0 Å². The van der Waals surface area contributed by atoms with E-state index in [4.69, 9.17) is 9.15 Å².